The Balaban J connectivity index is 2.65. The van der Waals surface area contributed by atoms with Crippen molar-refractivity contribution in [2.24, 2.45) is 0 Å². The van der Waals surface area contributed by atoms with Gasteiger partial charge in [-0.2, -0.15) is 0 Å². The summed E-state index contributed by atoms with van der Waals surface area (Å²) in [5, 5.41) is 9.68. The zero-order valence-electron chi connectivity index (χ0n) is 8.58. The van der Waals surface area contributed by atoms with Crippen LogP contribution in [-0.4, -0.2) is 16.2 Å². The lowest BCUT2D eigenvalue weighted by Crippen LogP contribution is -2.04. The second-order valence-electron chi connectivity index (χ2n) is 3.34. The SMILES string of the molecule is CCc1cc(OC(=O)O)c(Cl)c2cc[nH]c12. The Morgan fingerprint density at radius 1 is 1.62 bits per heavy atom. The van der Waals surface area contributed by atoms with Gasteiger partial charge in [0.05, 0.1) is 10.5 Å². The molecule has 2 rings (SSSR count). The Morgan fingerprint density at radius 2 is 2.38 bits per heavy atom. The molecule has 16 heavy (non-hydrogen) atoms. The van der Waals surface area contributed by atoms with Crippen molar-refractivity contribution in [2.45, 2.75) is 13.3 Å². The van der Waals surface area contributed by atoms with Crippen LogP contribution in [0.15, 0.2) is 18.3 Å². The van der Waals surface area contributed by atoms with Crippen LogP contribution in [0, 0.1) is 0 Å². The highest BCUT2D eigenvalue weighted by molar-refractivity contribution is 6.37. The van der Waals surface area contributed by atoms with Crippen LogP contribution in [0.5, 0.6) is 5.75 Å². The van der Waals surface area contributed by atoms with Gasteiger partial charge >= 0.3 is 6.16 Å². The summed E-state index contributed by atoms with van der Waals surface area (Å²) >= 11 is 6.05. The number of hydrogen-bond donors (Lipinski definition) is 2. The molecule has 84 valence electrons. The maximum absolute atomic E-state index is 10.5. The van der Waals surface area contributed by atoms with Crippen LogP contribution >= 0.6 is 11.6 Å². The number of aryl methyl sites for hydroxylation is 1. The second-order valence-corrected chi connectivity index (χ2v) is 3.71. The Kier molecular flexibility index (Phi) is 2.75. The van der Waals surface area contributed by atoms with Crippen LogP contribution in [0.2, 0.25) is 5.02 Å². The van der Waals surface area contributed by atoms with E-state index in [0.717, 1.165) is 22.9 Å². The first-order chi connectivity index (χ1) is 7.63. The molecule has 1 aromatic carbocycles. The van der Waals surface area contributed by atoms with Crippen LogP contribution in [0.1, 0.15) is 12.5 Å². The van der Waals surface area contributed by atoms with Gasteiger partial charge in [0, 0.05) is 11.6 Å². The summed E-state index contributed by atoms with van der Waals surface area (Å²) < 4.78 is 4.64. The molecule has 1 aromatic heterocycles. The normalized spacial score (nSPS) is 10.6. The molecule has 0 spiro atoms. The molecule has 1 heterocycles. The average Bonchev–Trinajstić information content (AvgIpc) is 2.70. The van der Waals surface area contributed by atoms with Crippen molar-refractivity contribution in [3.05, 3.63) is 28.9 Å². The van der Waals surface area contributed by atoms with Crippen LogP contribution in [0.3, 0.4) is 0 Å². The van der Waals surface area contributed by atoms with Gasteiger partial charge in [-0.15, -0.1) is 0 Å². The number of rotatable bonds is 2. The van der Waals surface area contributed by atoms with Crippen molar-refractivity contribution in [1.82, 2.24) is 4.98 Å². The van der Waals surface area contributed by atoms with Crippen molar-refractivity contribution < 1.29 is 14.6 Å². The number of carboxylic acid groups (broad SMARTS) is 1. The van der Waals surface area contributed by atoms with Crippen LogP contribution in [0.25, 0.3) is 10.9 Å². The molecular weight excluding hydrogens is 230 g/mol. The van der Waals surface area contributed by atoms with E-state index in [0.29, 0.717) is 5.02 Å². The molecule has 0 aliphatic carbocycles. The van der Waals surface area contributed by atoms with Gasteiger partial charge in [-0.1, -0.05) is 18.5 Å². The first-order valence-electron chi connectivity index (χ1n) is 4.82. The number of hydrogen-bond acceptors (Lipinski definition) is 2. The van der Waals surface area contributed by atoms with E-state index >= 15 is 0 Å². The number of fused-ring (bicyclic) bond motifs is 1. The molecule has 4 nitrogen and oxygen atoms in total. The number of carbonyl (C=O) groups is 1. The number of H-pyrrole nitrogens is 1. The molecule has 0 bridgehead atoms. The van der Waals surface area contributed by atoms with E-state index in [9.17, 15) is 4.79 Å². The lowest BCUT2D eigenvalue weighted by atomic mass is 10.1. The Bertz CT molecular complexity index is 547. The highest BCUT2D eigenvalue weighted by Gasteiger charge is 2.13. The Labute approximate surface area is 96.8 Å². The van der Waals surface area contributed by atoms with Gasteiger partial charge in [-0.25, -0.2) is 4.79 Å². The summed E-state index contributed by atoms with van der Waals surface area (Å²) in [6.45, 7) is 1.98. The van der Waals surface area contributed by atoms with Crippen molar-refractivity contribution in [3.8, 4) is 5.75 Å². The first-order valence-corrected chi connectivity index (χ1v) is 5.20. The maximum atomic E-state index is 10.5. The number of nitrogens with one attached hydrogen (secondary N) is 1. The summed E-state index contributed by atoms with van der Waals surface area (Å²) in [5.74, 6) is 0.179. The summed E-state index contributed by atoms with van der Waals surface area (Å²) in [4.78, 5) is 13.6. The third kappa shape index (κ3) is 1.72. The van der Waals surface area contributed by atoms with Gasteiger partial charge in [0.2, 0.25) is 0 Å². The van der Waals surface area contributed by atoms with Gasteiger partial charge in [0.25, 0.3) is 0 Å². The molecule has 0 atom stereocenters. The number of benzene rings is 1. The van der Waals surface area contributed by atoms with Crippen LogP contribution in [-0.2, 0) is 6.42 Å². The zero-order chi connectivity index (χ0) is 11.7. The lowest BCUT2D eigenvalue weighted by Gasteiger charge is -2.07. The molecule has 0 radical (unpaired) electrons. The van der Waals surface area contributed by atoms with Gasteiger partial charge in [-0.3, -0.25) is 0 Å². The van der Waals surface area contributed by atoms with E-state index in [-0.39, 0.29) is 5.75 Å². The zero-order valence-corrected chi connectivity index (χ0v) is 9.34. The molecule has 0 amide bonds. The summed E-state index contributed by atoms with van der Waals surface area (Å²) in [5.41, 5.74) is 1.89. The Hall–Kier alpha value is -1.68. The Morgan fingerprint density at radius 3 is 3.00 bits per heavy atom. The fraction of sp³-hybridized carbons (Fsp3) is 0.182. The lowest BCUT2D eigenvalue weighted by molar-refractivity contribution is 0.144. The highest BCUT2D eigenvalue weighted by Crippen LogP contribution is 2.35. The molecule has 0 saturated heterocycles. The van der Waals surface area contributed by atoms with E-state index < -0.39 is 6.16 Å². The predicted octanol–water partition coefficient (Wildman–Crippen LogP) is 3.44. The standard InChI is InChI=1S/C11H10ClNO3/c1-2-6-5-8(16-11(14)15)9(12)7-3-4-13-10(6)7/h3-5,13H,2H2,1H3,(H,14,15). The van der Waals surface area contributed by atoms with Crippen molar-refractivity contribution in [3.63, 3.8) is 0 Å². The molecule has 0 aliphatic rings. The number of aromatic amines is 1. The molecule has 2 N–H and O–H groups in total. The smallest absolute Gasteiger partial charge is 0.449 e. The van der Waals surface area contributed by atoms with Crippen molar-refractivity contribution in [1.29, 1.82) is 0 Å². The van der Waals surface area contributed by atoms with E-state index in [1.54, 1.807) is 18.3 Å². The van der Waals surface area contributed by atoms with Crippen LogP contribution in [0.4, 0.5) is 4.79 Å². The monoisotopic (exact) mass is 239 g/mol. The van der Waals surface area contributed by atoms with Crippen LogP contribution < -0.4 is 4.74 Å². The summed E-state index contributed by atoms with van der Waals surface area (Å²) in [7, 11) is 0. The van der Waals surface area contributed by atoms with Gasteiger partial charge < -0.3 is 14.8 Å². The largest absolute Gasteiger partial charge is 0.511 e. The summed E-state index contributed by atoms with van der Waals surface area (Å²) in [6.07, 6.45) is 1.17. The van der Waals surface area contributed by atoms with E-state index in [4.69, 9.17) is 16.7 Å². The first kappa shape index (κ1) is 10.8. The summed E-state index contributed by atoms with van der Waals surface area (Å²) in [6, 6.07) is 3.45. The molecule has 0 fully saturated rings. The average molecular weight is 240 g/mol. The third-order valence-electron chi connectivity index (χ3n) is 2.40. The molecule has 5 heteroatoms. The van der Waals surface area contributed by atoms with Gasteiger partial charge in [0.15, 0.2) is 5.75 Å². The fourth-order valence-electron chi connectivity index (χ4n) is 1.69. The van der Waals surface area contributed by atoms with E-state index in [1.807, 2.05) is 6.92 Å². The van der Waals surface area contributed by atoms with E-state index in [1.165, 1.54) is 0 Å². The predicted molar refractivity (Wildman–Crippen MR) is 61.3 cm³/mol. The number of ether oxygens (including phenoxy) is 1. The third-order valence-corrected chi connectivity index (χ3v) is 2.79. The molecule has 0 aliphatic heterocycles. The number of halogens is 1. The minimum Gasteiger partial charge on any atom is -0.449 e. The topological polar surface area (TPSA) is 62.3 Å². The highest BCUT2D eigenvalue weighted by atomic mass is 35.5. The van der Waals surface area contributed by atoms with Crippen molar-refractivity contribution >= 4 is 28.7 Å². The maximum Gasteiger partial charge on any atom is 0.511 e. The molecule has 0 unspecified atom stereocenters. The van der Waals surface area contributed by atoms with Crippen molar-refractivity contribution in [2.75, 3.05) is 0 Å². The molecule has 2 aromatic rings. The minimum atomic E-state index is -1.36. The second kappa shape index (κ2) is 4.06. The van der Waals surface area contributed by atoms with E-state index in [2.05, 4.69) is 9.72 Å². The minimum absolute atomic E-state index is 0.179. The van der Waals surface area contributed by atoms with Gasteiger partial charge in [-0.05, 0) is 24.1 Å². The quantitative estimate of drug-likeness (QED) is 0.623. The molecule has 0 saturated carbocycles. The molecular formula is C11H10ClNO3. The number of aromatic nitrogens is 1. The fourth-order valence-corrected chi connectivity index (χ4v) is 1.94. The van der Waals surface area contributed by atoms with Gasteiger partial charge in [0.1, 0.15) is 0 Å².